The number of rotatable bonds is 2. The highest BCUT2D eigenvalue weighted by molar-refractivity contribution is 6.09. The number of benzene rings is 1. The van der Waals surface area contributed by atoms with Gasteiger partial charge in [-0.2, -0.15) is 5.01 Å². The highest BCUT2D eigenvalue weighted by atomic mass is 16.5. The molecular weight excluding hydrogens is 340 g/mol. The topological polar surface area (TPSA) is 117 Å². The van der Waals surface area contributed by atoms with Gasteiger partial charge in [-0.25, -0.2) is 4.79 Å². The number of imide groups is 1. The Morgan fingerprint density at radius 3 is 2.69 bits per heavy atom. The normalized spacial score (nSPS) is 20.9. The minimum Gasteiger partial charge on any atom is -0.482 e. The van der Waals surface area contributed by atoms with E-state index in [9.17, 15) is 19.2 Å². The molecule has 0 atom stereocenters. The zero-order valence-corrected chi connectivity index (χ0v) is 14.0. The smallest absolute Gasteiger partial charge is 0.344 e. The number of ether oxygens (including phenoxy) is 1. The molecule has 1 aromatic rings. The third-order valence-electron chi connectivity index (χ3n) is 4.96. The summed E-state index contributed by atoms with van der Waals surface area (Å²) in [5, 5.41) is 6.12. The van der Waals surface area contributed by atoms with E-state index >= 15 is 0 Å². The summed E-state index contributed by atoms with van der Waals surface area (Å²) in [7, 11) is 0. The maximum atomic E-state index is 12.7. The van der Waals surface area contributed by atoms with E-state index in [-0.39, 0.29) is 18.1 Å². The molecule has 2 fully saturated rings. The van der Waals surface area contributed by atoms with Crippen LogP contribution in [0, 0.1) is 0 Å². The maximum Gasteiger partial charge on any atom is 0.344 e. The third-order valence-corrected chi connectivity index (χ3v) is 4.96. The van der Waals surface area contributed by atoms with E-state index in [1.807, 2.05) is 0 Å². The molecule has 9 nitrogen and oxygen atoms in total. The lowest BCUT2D eigenvalue weighted by molar-refractivity contribution is -0.134. The first-order chi connectivity index (χ1) is 12.5. The fraction of sp³-hybridized carbons (Fsp3) is 0.412. The Bertz CT molecular complexity index is 815. The van der Waals surface area contributed by atoms with Crippen molar-refractivity contribution < 1.29 is 23.9 Å². The van der Waals surface area contributed by atoms with Gasteiger partial charge in [-0.1, -0.05) is 19.3 Å². The molecule has 0 radical (unpaired) electrons. The molecule has 5 amide bonds. The van der Waals surface area contributed by atoms with Crippen LogP contribution in [0.15, 0.2) is 18.2 Å². The molecule has 26 heavy (non-hydrogen) atoms. The summed E-state index contributed by atoms with van der Waals surface area (Å²) in [4.78, 5) is 48.7. The first-order valence-electron chi connectivity index (χ1n) is 8.53. The molecule has 0 unspecified atom stereocenters. The van der Waals surface area contributed by atoms with Crippen molar-refractivity contribution in [1.29, 1.82) is 0 Å². The molecule has 3 N–H and O–H groups in total. The van der Waals surface area contributed by atoms with Crippen molar-refractivity contribution in [3.8, 4) is 5.75 Å². The summed E-state index contributed by atoms with van der Waals surface area (Å²) < 4.78 is 5.28. The zero-order chi connectivity index (χ0) is 18.3. The van der Waals surface area contributed by atoms with Crippen LogP contribution in [-0.4, -0.2) is 40.9 Å². The lowest BCUT2D eigenvalue weighted by Gasteiger charge is -2.30. The number of fused-ring (bicyclic) bond motifs is 1. The van der Waals surface area contributed by atoms with Crippen LogP contribution < -0.4 is 20.8 Å². The van der Waals surface area contributed by atoms with Crippen molar-refractivity contribution in [3.05, 3.63) is 23.8 Å². The van der Waals surface area contributed by atoms with Gasteiger partial charge in [0.15, 0.2) is 6.61 Å². The van der Waals surface area contributed by atoms with Gasteiger partial charge in [0, 0.05) is 5.56 Å². The predicted molar refractivity (Wildman–Crippen MR) is 89.2 cm³/mol. The minimum absolute atomic E-state index is 0.131. The monoisotopic (exact) mass is 358 g/mol. The molecule has 4 rings (SSSR count). The molecule has 2 aliphatic heterocycles. The number of hydrogen-bond donors (Lipinski definition) is 3. The molecule has 136 valence electrons. The fourth-order valence-corrected chi connectivity index (χ4v) is 3.60. The number of carbonyl (C=O) groups excluding carboxylic acids is 4. The van der Waals surface area contributed by atoms with Crippen LogP contribution in [-0.2, 0) is 9.59 Å². The first-order valence-corrected chi connectivity index (χ1v) is 8.53. The van der Waals surface area contributed by atoms with Gasteiger partial charge in [-0.15, -0.1) is 0 Å². The Morgan fingerprint density at radius 1 is 1.15 bits per heavy atom. The van der Waals surface area contributed by atoms with E-state index in [4.69, 9.17) is 4.74 Å². The van der Waals surface area contributed by atoms with Crippen LogP contribution in [0.25, 0.3) is 0 Å². The van der Waals surface area contributed by atoms with E-state index in [0.717, 1.165) is 24.3 Å². The summed E-state index contributed by atoms with van der Waals surface area (Å²) in [5.41, 5.74) is 2.15. The van der Waals surface area contributed by atoms with Crippen molar-refractivity contribution in [2.45, 2.75) is 37.6 Å². The van der Waals surface area contributed by atoms with Gasteiger partial charge in [0.1, 0.15) is 11.3 Å². The SMILES string of the molecule is O=C1COc2cc(C(=O)NN3C(=O)NC4(CCCCC4)C3=O)ccc2N1. The van der Waals surface area contributed by atoms with Crippen molar-refractivity contribution in [2.24, 2.45) is 0 Å². The molecule has 1 aromatic carbocycles. The van der Waals surface area contributed by atoms with Crippen LogP contribution in [0.5, 0.6) is 5.75 Å². The molecule has 1 saturated carbocycles. The van der Waals surface area contributed by atoms with Crippen LogP contribution >= 0.6 is 0 Å². The van der Waals surface area contributed by atoms with E-state index in [1.165, 1.54) is 18.2 Å². The van der Waals surface area contributed by atoms with Crippen LogP contribution in [0.4, 0.5) is 10.5 Å². The predicted octanol–water partition coefficient (Wildman–Crippen LogP) is 0.917. The Morgan fingerprint density at radius 2 is 1.92 bits per heavy atom. The van der Waals surface area contributed by atoms with E-state index in [0.29, 0.717) is 24.3 Å². The van der Waals surface area contributed by atoms with Crippen LogP contribution in [0.3, 0.4) is 0 Å². The van der Waals surface area contributed by atoms with Crippen LogP contribution in [0.2, 0.25) is 0 Å². The fourth-order valence-electron chi connectivity index (χ4n) is 3.60. The van der Waals surface area contributed by atoms with E-state index < -0.39 is 23.4 Å². The third kappa shape index (κ3) is 2.65. The number of amides is 5. The number of nitrogens with zero attached hydrogens (tertiary/aromatic N) is 1. The Hall–Kier alpha value is -3.10. The van der Waals surface area contributed by atoms with Crippen LogP contribution in [0.1, 0.15) is 42.5 Å². The molecule has 1 saturated heterocycles. The summed E-state index contributed by atoms with van der Waals surface area (Å²) in [5.74, 6) is -0.938. The molecule has 1 aliphatic carbocycles. The second-order valence-corrected chi connectivity index (χ2v) is 6.70. The number of urea groups is 1. The highest BCUT2D eigenvalue weighted by Gasteiger charge is 2.52. The highest BCUT2D eigenvalue weighted by Crippen LogP contribution is 2.33. The Labute approximate surface area is 149 Å². The molecule has 3 aliphatic rings. The molecule has 0 bridgehead atoms. The first kappa shape index (κ1) is 16.4. The van der Waals surface area contributed by atoms with Gasteiger partial charge in [0.25, 0.3) is 17.7 Å². The molecule has 2 heterocycles. The molecule has 1 spiro atoms. The van der Waals surface area contributed by atoms with Gasteiger partial charge < -0.3 is 15.4 Å². The molecular formula is C17H18N4O5. The van der Waals surface area contributed by atoms with Crippen molar-refractivity contribution >= 4 is 29.4 Å². The number of hydrazine groups is 1. The van der Waals surface area contributed by atoms with Gasteiger partial charge in [-0.3, -0.25) is 19.8 Å². The molecule has 0 aromatic heterocycles. The number of hydrogen-bond acceptors (Lipinski definition) is 5. The van der Waals surface area contributed by atoms with Crippen molar-refractivity contribution in [1.82, 2.24) is 15.8 Å². The second-order valence-electron chi connectivity index (χ2n) is 6.70. The van der Waals surface area contributed by atoms with Gasteiger partial charge in [-0.05, 0) is 31.0 Å². The lowest BCUT2D eigenvalue weighted by atomic mass is 9.82. The van der Waals surface area contributed by atoms with Crippen molar-refractivity contribution in [2.75, 3.05) is 11.9 Å². The van der Waals surface area contributed by atoms with Gasteiger partial charge >= 0.3 is 6.03 Å². The van der Waals surface area contributed by atoms with E-state index in [1.54, 1.807) is 0 Å². The summed E-state index contributed by atoms with van der Waals surface area (Å²) in [6, 6.07) is 3.86. The average molecular weight is 358 g/mol. The van der Waals surface area contributed by atoms with E-state index in [2.05, 4.69) is 16.1 Å². The number of carbonyl (C=O) groups is 4. The Balaban J connectivity index is 1.50. The van der Waals surface area contributed by atoms with Gasteiger partial charge in [0.05, 0.1) is 5.69 Å². The lowest BCUT2D eigenvalue weighted by Crippen LogP contribution is -2.50. The maximum absolute atomic E-state index is 12.7. The largest absolute Gasteiger partial charge is 0.482 e. The number of anilines is 1. The van der Waals surface area contributed by atoms with Gasteiger partial charge in [0.2, 0.25) is 0 Å². The Kier molecular flexibility index (Phi) is 3.78. The average Bonchev–Trinajstić information content (AvgIpc) is 2.86. The quantitative estimate of drug-likeness (QED) is 0.680. The summed E-state index contributed by atoms with van der Waals surface area (Å²) in [6.45, 7) is -0.131. The molecule has 9 heteroatoms. The summed E-state index contributed by atoms with van der Waals surface area (Å²) >= 11 is 0. The standard InChI is InChI=1S/C17H18N4O5/c22-13-9-26-12-8-10(4-5-11(12)18-13)14(23)20-21-15(24)17(19-16(21)25)6-2-1-3-7-17/h4-5,8H,1-3,6-7,9H2,(H,18,22)(H,19,25)(H,20,23). The second kappa shape index (κ2) is 6.01. The van der Waals surface area contributed by atoms with Crippen molar-refractivity contribution in [3.63, 3.8) is 0 Å². The minimum atomic E-state index is -0.897. The number of nitrogens with one attached hydrogen (secondary N) is 3. The summed E-state index contributed by atoms with van der Waals surface area (Å²) in [6.07, 6.45) is 3.92. The zero-order valence-electron chi connectivity index (χ0n) is 14.0.